The lowest BCUT2D eigenvalue weighted by Crippen LogP contribution is -2.24. The molecule has 0 spiro atoms. The quantitative estimate of drug-likeness (QED) is 0.802. The highest BCUT2D eigenvalue weighted by atomic mass is 32.2. The number of hydrogen-bond acceptors (Lipinski definition) is 5. The topological polar surface area (TPSA) is 81.7 Å². The van der Waals surface area contributed by atoms with Crippen LogP contribution in [0.1, 0.15) is 40.9 Å². The number of nitrogens with one attached hydrogen (secondary N) is 1. The van der Waals surface area contributed by atoms with Crippen molar-refractivity contribution in [3.05, 3.63) is 52.6 Å². The minimum absolute atomic E-state index is 0.121. The Morgan fingerprint density at radius 2 is 2.04 bits per heavy atom. The van der Waals surface area contributed by atoms with Crippen molar-refractivity contribution in [1.29, 1.82) is 0 Å². The lowest BCUT2D eigenvalue weighted by Gasteiger charge is -2.14. The van der Waals surface area contributed by atoms with Crippen molar-refractivity contribution < 1.29 is 22.7 Å². The predicted molar refractivity (Wildman–Crippen MR) is 107 cm³/mol. The molecular formula is C21H25NO5S. The Morgan fingerprint density at radius 1 is 1.29 bits per heavy atom. The monoisotopic (exact) mass is 403 g/mol. The maximum atomic E-state index is 12.7. The second-order valence-corrected chi connectivity index (χ2v) is 9.08. The molecule has 0 unspecified atom stereocenters. The number of carbonyl (C=O) groups excluding carboxylic acids is 1. The first kappa shape index (κ1) is 20.2. The summed E-state index contributed by atoms with van der Waals surface area (Å²) in [6, 6.07) is 8.44. The van der Waals surface area contributed by atoms with Gasteiger partial charge in [0.15, 0.2) is 9.84 Å². The molecule has 3 rings (SSSR count). The molecule has 0 saturated carbocycles. The van der Waals surface area contributed by atoms with Crippen LogP contribution >= 0.6 is 0 Å². The average Bonchev–Trinajstić information content (AvgIpc) is 2.98. The molecule has 1 aliphatic rings. The summed E-state index contributed by atoms with van der Waals surface area (Å²) in [5, 5.41) is 2.87. The third-order valence-electron chi connectivity index (χ3n) is 4.70. The van der Waals surface area contributed by atoms with Gasteiger partial charge < -0.3 is 14.8 Å². The number of carbonyl (C=O) groups is 1. The fourth-order valence-corrected chi connectivity index (χ4v) is 3.90. The normalized spacial score (nSPS) is 15.6. The average molecular weight is 404 g/mol. The van der Waals surface area contributed by atoms with Crippen molar-refractivity contribution in [2.45, 2.75) is 44.7 Å². The number of sulfone groups is 1. The van der Waals surface area contributed by atoms with Crippen molar-refractivity contribution in [3.8, 4) is 11.5 Å². The molecule has 2 aromatic carbocycles. The second kappa shape index (κ2) is 7.83. The Balaban J connectivity index is 1.83. The SMILES string of the molecule is CCOc1cc2c(cc1CNC(=O)c1cc(S(C)(=O)=O)ccc1C)O[C@@H](C)C2. The molecule has 1 heterocycles. The lowest BCUT2D eigenvalue weighted by molar-refractivity contribution is 0.0949. The van der Waals surface area contributed by atoms with E-state index >= 15 is 0 Å². The third-order valence-corrected chi connectivity index (χ3v) is 5.81. The van der Waals surface area contributed by atoms with E-state index in [1.54, 1.807) is 13.0 Å². The largest absolute Gasteiger partial charge is 0.494 e. The van der Waals surface area contributed by atoms with Gasteiger partial charge in [-0.15, -0.1) is 0 Å². The van der Waals surface area contributed by atoms with Gasteiger partial charge in [0.1, 0.15) is 17.6 Å². The summed E-state index contributed by atoms with van der Waals surface area (Å²) in [5.41, 5.74) is 2.97. The molecule has 7 heteroatoms. The molecule has 6 nitrogen and oxygen atoms in total. The second-order valence-electron chi connectivity index (χ2n) is 7.06. The third kappa shape index (κ3) is 4.30. The first-order valence-corrected chi connectivity index (χ1v) is 11.1. The first-order valence-electron chi connectivity index (χ1n) is 9.23. The van der Waals surface area contributed by atoms with E-state index in [0.29, 0.717) is 17.7 Å². The van der Waals surface area contributed by atoms with E-state index in [9.17, 15) is 13.2 Å². The number of benzene rings is 2. The van der Waals surface area contributed by atoms with Crippen molar-refractivity contribution in [2.24, 2.45) is 0 Å². The Labute approximate surface area is 165 Å². The number of aryl methyl sites for hydroxylation is 1. The molecule has 150 valence electrons. The number of ether oxygens (including phenoxy) is 2. The molecule has 1 aliphatic heterocycles. The zero-order chi connectivity index (χ0) is 20.5. The van der Waals surface area contributed by atoms with E-state index in [0.717, 1.165) is 35.3 Å². The fraction of sp³-hybridized carbons (Fsp3) is 0.381. The minimum Gasteiger partial charge on any atom is -0.494 e. The summed E-state index contributed by atoms with van der Waals surface area (Å²) in [4.78, 5) is 12.8. The van der Waals surface area contributed by atoms with Crippen LogP contribution in [0.15, 0.2) is 35.2 Å². The molecule has 0 aliphatic carbocycles. The standard InChI is InChI=1S/C21H25NO5S/c1-5-26-19-9-15-8-14(3)27-20(15)10-16(19)12-22-21(23)18-11-17(28(4,24)25)7-6-13(18)2/h6-7,9-11,14H,5,8,12H2,1-4H3,(H,22,23)/t14-/m0/s1. The summed E-state index contributed by atoms with van der Waals surface area (Å²) in [7, 11) is -3.39. The van der Waals surface area contributed by atoms with Gasteiger partial charge in [0, 0.05) is 35.9 Å². The molecular weight excluding hydrogens is 378 g/mol. The van der Waals surface area contributed by atoms with Crippen LogP contribution in [-0.4, -0.2) is 33.3 Å². The first-order chi connectivity index (χ1) is 13.2. The van der Waals surface area contributed by atoms with Gasteiger partial charge in [0.25, 0.3) is 5.91 Å². The molecule has 0 bridgehead atoms. The van der Waals surface area contributed by atoms with Crippen molar-refractivity contribution >= 4 is 15.7 Å². The van der Waals surface area contributed by atoms with Crippen LogP contribution in [0, 0.1) is 6.92 Å². The Hall–Kier alpha value is -2.54. The zero-order valence-electron chi connectivity index (χ0n) is 16.5. The fourth-order valence-electron chi connectivity index (χ4n) is 3.26. The van der Waals surface area contributed by atoms with Gasteiger partial charge in [-0.2, -0.15) is 0 Å². The smallest absolute Gasteiger partial charge is 0.251 e. The highest BCUT2D eigenvalue weighted by Crippen LogP contribution is 2.35. The van der Waals surface area contributed by atoms with Crippen LogP contribution in [0.4, 0.5) is 0 Å². The molecule has 0 fully saturated rings. The van der Waals surface area contributed by atoms with E-state index in [2.05, 4.69) is 5.32 Å². The van der Waals surface area contributed by atoms with E-state index in [1.165, 1.54) is 12.1 Å². The van der Waals surface area contributed by atoms with Crippen LogP contribution in [0.2, 0.25) is 0 Å². The zero-order valence-corrected chi connectivity index (χ0v) is 17.4. The van der Waals surface area contributed by atoms with E-state index in [4.69, 9.17) is 9.47 Å². The van der Waals surface area contributed by atoms with Crippen LogP contribution in [0.25, 0.3) is 0 Å². The molecule has 1 amide bonds. The molecule has 28 heavy (non-hydrogen) atoms. The molecule has 0 radical (unpaired) electrons. The van der Waals surface area contributed by atoms with Crippen molar-refractivity contribution in [3.63, 3.8) is 0 Å². The van der Waals surface area contributed by atoms with Gasteiger partial charge in [-0.25, -0.2) is 8.42 Å². The van der Waals surface area contributed by atoms with Crippen molar-refractivity contribution in [2.75, 3.05) is 12.9 Å². The molecule has 1 atom stereocenters. The van der Waals surface area contributed by atoms with Crippen molar-refractivity contribution in [1.82, 2.24) is 5.32 Å². The van der Waals surface area contributed by atoms with Gasteiger partial charge in [-0.3, -0.25) is 4.79 Å². The summed E-state index contributed by atoms with van der Waals surface area (Å²) in [5.74, 6) is 1.21. The number of rotatable bonds is 6. The van der Waals surface area contributed by atoms with E-state index in [1.807, 2.05) is 26.0 Å². The van der Waals surface area contributed by atoms with Crippen LogP contribution in [0.5, 0.6) is 11.5 Å². The Kier molecular flexibility index (Phi) is 5.65. The molecule has 1 N–H and O–H groups in total. The summed E-state index contributed by atoms with van der Waals surface area (Å²) in [6.45, 7) is 6.47. The van der Waals surface area contributed by atoms with Crippen LogP contribution in [-0.2, 0) is 22.8 Å². The maximum Gasteiger partial charge on any atom is 0.251 e. The highest BCUT2D eigenvalue weighted by Gasteiger charge is 2.22. The van der Waals surface area contributed by atoms with Crippen LogP contribution in [0.3, 0.4) is 0 Å². The summed E-state index contributed by atoms with van der Waals surface area (Å²) < 4.78 is 35.1. The molecule has 0 aromatic heterocycles. The lowest BCUT2D eigenvalue weighted by atomic mass is 10.1. The molecule has 2 aromatic rings. The van der Waals surface area contributed by atoms with Gasteiger partial charge in [-0.1, -0.05) is 6.07 Å². The number of amides is 1. The summed E-state index contributed by atoms with van der Waals surface area (Å²) in [6.07, 6.45) is 2.08. The minimum atomic E-state index is -3.39. The Morgan fingerprint density at radius 3 is 2.71 bits per heavy atom. The number of fused-ring (bicyclic) bond motifs is 1. The maximum absolute atomic E-state index is 12.7. The van der Waals surface area contributed by atoms with Crippen LogP contribution < -0.4 is 14.8 Å². The van der Waals surface area contributed by atoms with Gasteiger partial charge >= 0.3 is 0 Å². The Bertz CT molecular complexity index is 1010. The van der Waals surface area contributed by atoms with Gasteiger partial charge in [0.2, 0.25) is 0 Å². The molecule has 0 saturated heterocycles. The van der Waals surface area contributed by atoms with E-state index in [-0.39, 0.29) is 23.5 Å². The van der Waals surface area contributed by atoms with Gasteiger partial charge in [-0.05, 0) is 50.6 Å². The summed E-state index contributed by atoms with van der Waals surface area (Å²) >= 11 is 0. The number of hydrogen-bond donors (Lipinski definition) is 1. The highest BCUT2D eigenvalue weighted by molar-refractivity contribution is 7.90. The van der Waals surface area contributed by atoms with E-state index < -0.39 is 9.84 Å². The van der Waals surface area contributed by atoms with Gasteiger partial charge in [0.05, 0.1) is 11.5 Å². The predicted octanol–water partition coefficient (Wildman–Crippen LogP) is 3.05.